The van der Waals surface area contributed by atoms with Gasteiger partial charge in [0, 0.05) is 44.8 Å². The van der Waals surface area contributed by atoms with Crippen LogP contribution >= 0.6 is 12.4 Å². The zero-order chi connectivity index (χ0) is 10.7. The summed E-state index contributed by atoms with van der Waals surface area (Å²) in [4.78, 5) is 14.2. The van der Waals surface area contributed by atoms with Crippen LogP contribution < -0.4 is 5.32 Å². The molecule has 94 valence electrons. The van der Waals surface area contributed by atoms with Crippen LogP contribution in [0.5, 0.6) is 0 Å². The van der Waals surface area contributed by atoms with Gasteiger partial charge < -0.3 is 15.0 Å². The van der Waals surface area contributed by atoms with Crippen molar-refractivity contribution in [3.8, 4) is 0 Å². The van der Waals surface area contributed by atoms with Crippen molar-refractivity contribution in [1.82, 2.24) is 10.2 Å². The fourth-order valence-electron chi connectivity index (χ4n) is 2.34. The van der Waals surface area contributed by atoms with E-state index in [9.17, 15) is 4.79 Å². The van der Waals surface area contributed by atoms with Gasteiger partial charge in [0.2, 0.25) is 5.91 Å². The fraction of sp³-hybridized carbons (Fsp3) is 0.909. The Balaban J connectivity index is 0.00000128. The van der Waals surface area contributed by atoms with Gasteiger partial charge in [-0.1, -0.05) is 0 Å². The maximum absolute atomic E-state index is 12.1. The smallest absolute Gasteiger partial charge is 0.225 e. The number of ether oxygens (including phenoxy) is 1. The molecule has 2 saturated heterocycles. The fourth-order valence-corrected chi connectivity index (χ4v) is 2.34. The van der Waals surface area contributed by atoms with E-state index in [4.69, 9.17) is 4.74 Å². The molecule has 5 heteroatoms. The minimum atomic E-state index is 0. The Hall–Kier alpha value is -0.320. The van der Waals surface area contributed by atoms with Crippen molar-refractivity contribution < 1.29 is 9.53 Å². The van der Waals surface area contributed by atoms with Gasteiger partial charge in [-0.2, -0.15) is 0 Å². The van der Waals surface area contributed by atoms with Gasteiger partial charge in [-0.15, -0.1) is 12.4 Å². The summed E-state index contributed by atoms with van der Waals surface area (Å²) < 4.78 is 5.28. The average molecular weight is 249 g/mol. The molecule has 16 heavy (non-hydrogen) atoms. The molecule has 0 bridgehead atoms. The van der Waals surface area contributed by atoms with Crippen LogP contribution in [0, 0.1) is 5.92 Å². The van der Waals surface area contributed by atoms with E-state index < -0.39 is 0 Å². The van der Waals surface area contributed by atoms with E-state index in [1.54, 1.807) is 0 Å². The normalized spacial score (nSPS) is 27.3. The third-order valence-corrected chi connectivity index (χ3v) is 3.25. The average Bonchev–Trinajstić information content (AvgIpc) is 2.29. The van der Waals surface area contributed by atoms with Gasteiger partial charge in [-0.05, 0) is 19.8 Å². The summed E-state index contributed by atoms with van der Waals surface area (Å²) in [6.07, 6.45) is 1.80. The molecule has 2 rings (SSSR count). The Kier molecular flexibility index (Phi) is 5.52. The van der Waals surface area contributed by atoms with Gasteiger partial charge >= 0.3 is 0 Å². The second-order valence-electron chi connectivity index (χ2n) is 4.53. The highest BCUT2D eigenvalue weighted by molar-refractivity contribution is 5.85. The van der Waals surface area contributed by atoms with E-state index in [2.05, 4.69) is 12.2 Å². The minimum Gasteiger partial charge on any atom is -0.381 e. The lowest BCUT2D eigenvalue weighted by molar-refractivity contribution is -0.139. The van der Waals surface area contributed by atoms with Gasteiger partial charge in [0.15, 0.2) is 0 Å². The van der Waals surface area contributed by atoms with Crippen LogP contribution in [0.1, 0.15) is 19.8 Å². The van der Waals surface area contributed by atoms with Crippen LogP contribution in [0.2, 0.25) is 0 Å². The molecule has 0 spiro atoms. The van der Waals surface area contributed by atoms with Gasteiger partial charge in [-0.3, -0.25) is 4.79 Å². The standard InChI is InChI=1S/C11H20N2O2.ClH/c1-9-8-13(5-4-12-9)11(14)10-2-6-15-7-3-10;/h9-10,12H,2-8H2,1H3;1H/t9-;/m0./s1. The first-order valence-corrected chi connectivity index (χ1v) is 5.87. The Morgan fingerprint density at radius 3 is 2.69 bits per heavy atom. The first-order chi connectivity index (χ1) is 7.27. The zero-order valence-corrected chi connectivity index (χ0v) is 10.6. The number of nitrogens with one attached hydrogen (secondary N) is 1. The van der Waals surface area contributed by atoms with Crippen LogP contribution in [0.25, 0.3) is 0 Å². The largest absolute Gasteiger partial charge is 0.381 e. The quantitative estimate of drug-likeness (QED) is 0.741. The molecule has 1 atom stereocenters. The van der Waals surface area contributed by atoms with Crippen molar-refractivity contribution in [3.63, 3.8) is 0 Å². The molecular weight excluding hydrogens is 228 g/mol. The van der Waals surface area contributed by atoms with Crippen LogP contribution in [0.4, 0.5) is 0 Å². The Labute approximate surface area is 103 Å². The van der Waals surface area contributed by atoms with E-state index in [1.165, 1.54) is 0 Å². The number of halogens is 1. The maximum Gasteiger partial charge on any atom is 0.225 e. The zero-order valence-electron chi connectivity index (χ0n) is 9.78. The van der Waals surface area contributed by atoms with Crippen molar-refractivity contribution in [2.75, 3.05) is 32.8 Å². The number of nitrogens with zero attached hydrogens (tertiary/aromatic N) is 1. The van der Waals surface area contributed by atoms with Gasteiger partial charge in [-0.25, -0.2) is 0 Å². The molecular formula is C11H21ClN2O2. The van der Waals surface area contributed by atoms with Gasteiger partial charge in [0.1, 0.15) is 0 Å². The molecule has 0 aliphatic carbocycles. The Morgan fingerprint density at radius 2 is 2.06 bits per heavy atom. The lowest BCUT2D eigenvalue weighted by Crippen LogP contribution is -2.53. The van der Waals surface area contributed by atoms with E-state index in [0.29, 0.717) is 11.9 Å². The Bertz CT molecular complexity index is 232. The summed E-state index contributed by atoms with van der Waals surface area (Å²) in [6.45, 7) is 6.27. The molecule has 2 heterocycles. The number of rotatable bonds is 1. The minimum absolute atomic E-state index is 0. The number of hydrogen-bond acceptors (Lipinski definition) is 3. The van der Waals surface area contributed by atoms with Gasteiger partial charge in [0.05, 0.1) is 0 Å². The van der Waals surface area contributed by atoms with Crippen LogP contribution in [-0.4, -0.2) is 49.7 Å². The van der Waals surface area contributed by atoms with Gasteiger partial charge in [0.25, 0.3) is 0 Å². The van der Waals surface area contributed by atoms with E-state index in [1.807, 2.05) is 4.90 Å². The number of hydrogen-bond donors (Lipinski definition) is 1. The lowest BCUT2D eigenvalue weighted by atomic mass is 9.98. The first-order valence-electron chi connectivity index (χ1n) is 5.87. The highest BCUT2D eigenvalue weighted by Gasteiger charge is 2.28. The number of amides is 1. The van der Waals surface area contributed by atoms with Crippen molar-refractivity contribution in [1.29, 1.82) is 0 Å². The van der Waals surface area contributed by atoms with Crippen LogP contribution in [0.3, 0.4) is 0 Å². The van der Waals surface area contributed by atoms with E-state index >= 15 is 0 Å². The number of piperazine rings is 1. The van der Waals surface area contributed by atoms with E-state index in [-0.39, 0.29) is 18.3 Å². The molecule has 0 unspecified atom stereocenters. The SMILES string of the molecule is C[C@H]1CN(C(=O)C2CCOCC2)CCN1.Cl. The number of carbonyl (C=O) groups excluding carboxylic acids is 1. The first kappa shape index (κ1) is 13.7. The van der Waals surface area contributed by atoms with Crippen molar-refractivity contribution in [3.05, 3.63) is 0 Å². The van der Waals surface area contributed by atoms with Crippen LogP contribution in [0.15, 0.2) is 0 Å². The van der Waals surface area contributed by atoms with Crippen molar-refractivity contribution in [2.24, 2.45) is 5.92 Å². The summed E-state index contributed by atoms with van der Waals surface area (Å²) in [7, 11) is 0. The van der Waals surface area contributed by atoms with Crippen molar-refractivity contribution in [2.45, 2.75) is 25.8 Å². The summed E-state index contributed by atoms with van der Waals surface area (Å²) in [5, 5.41) is 3.35. The molecule has 1 N–H and O–H groups in total. The van der Waals surface area contributed by atoms with Crippen molar-refractivity contribution >= 4 is 18.3 Å². The second-order valence-corrected chi connectivity index (χ2v) is 4.53. The molecule has 4 nitrogen and oxygen atoms in total. The molecule has 2 aliphatic heterocycles. The molecule has 0 aromatic heterocycles. The predicted octanol–water partition coefficient (Wildman–Crippen LogP) is 0.655. The third kappa shape index (κ3) is 3.34. The molecule has 0 saturated carbocycles. The molecule has 0 radical (unpaired) electrons. The van der Waals surface area contributed by atoms with Crippen LogP contribution in [-0.2, 0) is 9.53 Å². The molecule has 0 aromatic rings. The molecule has 2 aliphatic rings. The summed E-state index contributed by atoms with van der Waals surface area (Å²) in [5.74, 6) is 0.552. The predicted molar refractivity (Wildman–Crippen MR) is 64.8 cm³/mol. The molecule has 0 aromatic carbocycles. The third-order valence-electron chi connectivity index (χ3n) is 3.25. The maximum atomic E-state index is 12.1. The summed E-state index contributed by atoms with van der Waals surface area (Å²) >= 11 is 0. The van der Waals surface area contributed by atoms with E-state index in [0.717, 1.165) is 45.7 Å². The second kappa shape index (κ2) is 6.42. The molecule has 2 fully saturated rings. The number of carbonyl (C=O) groups is 1. The molecule has 1 amide bonds. The topological polar surface area (TPSA) is 41.6 Å². The Morgan fingerprint density at radius 1 is 1.38 bits per heavy atom. The summed E-state index contributed by atoms with van der Waals surface area (Å²) in [6, 6.07) is 0.433. The monoisotopic (exact) mass is 248 g/mol. The highest BCUT2D eigenvalue weighted by atomic mass is 35.5. The highest BCUT2D eigenvalue weighted by Crippen LogP contribution is 2.18. The summed E-state index contributed by atoms with van der Waals surface area (Å²) in [5.41, 5.74) is 0. The lowest BCUT2D eigenvalue weighted by Gasteiger charge is -2.35.